The standard InChI is InChI=1S/C27H24N2O2/c1-31-21-14-12-20(13-15-21)27-26-23(22-9-5-6-10-24(22)28-26)17-18-29(27)25(30)16-11-19-7-3-2-4-8-19/h2-16,27-28H,17-18H2,1H3/b16-11+/t27-/m0/s1. The van der Waals surface area contributed by atoms with Gasteiger partial charge in [0.2, 0.25) is 5.91 Å². The highest BCUT2D eigenvalue weighted by molar-refractivity contribution is 5.93. The van der Waals surface area contributed by atoms with Crippen LogP contribution in [0.2, 0.25) is 0 Å². The number of benzene rings is 3. The number of aromatic amines is 1. The number of para-hydroxylation sites is 1. The third-order valence-corrected chi connectivity index (χ3v) is 5.97. The fourth-order valence-electron chi connectivity index (χ4n) is 4.44. The molecular formula is C27H24N2O2. The molecule has 4 aromatic rings. The molecule has 4 heteroatoms. The molecule has 0 unspecified atom stereocenters. The topological polar surface area (TPSA) is 45.3 Å². The van der Waals surface area contributed by atoms with Crippen molar-refractivity contribution in [3.63, 3.8) is 0 Å². The molecule has 0 bridgehead atoms. The number of amides is 1. The van der Waals surface area contributed by atoms with Gasteiger partial charge < -0.3 is 14.6 Å². The van der Waals surface area contributed by atoms with Crippen molar-refractivity contribution < 1.29 is 9.53 Å². The van der Waals surface area contributed by atoms with Crippen LogP contribution in [0.1, 0.15) is 28.4 Å². The van der Waals surface area contributed by atoms with Crippen molar-refractivity contribution in [2.75, 3.05) is 13.7 Å². The molecule has 2 heterocycles. The highest BCUT2D eigenvalue weighted by atomic mass is 16.5. The van der Waals surface area contributed by atoms with Gasteiger partial charge in [-0.05, 0) is 47.4 Å². The predicted molar refractivity (Wildman–Crippen MR) is 124 cm³/mol. The van der Waals surface area contributed by atoms with Crippen LogP contribution in [0.3, 0.4) is 0 Å². The van der Waals surface area contributed by atoms with Crippen molar-refractivity contribution in [2.45, 2.75) is 12.5 Å². The van der Waals surface area contributed by atoms with E-state index in [0.29, 0.717) is 6.54 Å². The Balaban J connectivity index is 1.56. The minimum absolute atomic E-state index is 0.00831. The zero-order chi connectivity index (χ0) is 21.2. The molecule has 1 aliphatic rings. The van der Waals surface area contributed by atoms with Gasteiger partial charge in [-0.3, -0.25) is 4.79 Å². The highest BCUT2D eigenvalue weighted by Crippen LogP contribution is 2.39. The average Bonchev–Trinajstić information content (AvgIpc) is 3.21. The first-order valence-corrected chi connectivity index (χ1v) is 10.5. The smallest absolute Gasteiger partial charge is 0.247 e. The molecule has 1 aliphatic heterocycles. The van der Waals surface area contributed by atoms with Crippen LogP contribution in [0.25, 0.3) is 17.0 Å². The summed E-state index contributed by atoms with van der Waals surface area (Å²) in [6.07, 6.45) is 4.39. The fraction of sp³-hybridized carbons (Fsp3) is 0.148. The third-order valence-electron chi connectivity index (χ3n) is 5.97. The van der Waals surface area contributed by atoms with Gasteiger partial charge in [0.1, 0.15) is 5.75 Å². The molecule has 1 atom stereocenters. The summed E-state index contributed by atoms with van der Waals surface area (Å²) in [5.74, 6) is 0.812. The molecule has 1 N–H and O–H groups in total. The second-order valence-corrected chi connectivity index (χ2v) is 7.76. The maximum absolute atomic E-state index is 13.3. The van der Waals surface area contributed by atoms with E-state index in [2.05, 4.69) is 23.2 Å². The molecule has 0 radical (unpaired) electrons. The summed E-state index contributed by atoms with van der Waals surface area (Å²) < 4.78 is 5.34. The molecule has 0 spiro atoms. The number of nitrogens with one attached hydrogen (secondary N) is 1. The van der Waals surface area contributed by atoms with Gasteiger partial charge in [-0.1, -0.05) is 60.7 Å². The summed E-state index contributed by atoms with van der Waals surface area (Å²) in [5.41, 5.74) is 5.58. The number of rotatable bonds is 4. The number of carbonyl (C=O) groups excluding carboxylic acids is 1. The number of hydrogen-bond acceptors (Lipinski definition) is 2. The monoisotopic (exact) mass is 408 g/mol. The Morgan fingerprint density at radius 2 is 1.74 bits per heavy atom. The molecule has 5 rings (SSSR count). The van der Waals surface area contributed by atoms with E-state index in [1.807, 2.05) is 71.6 Å². The van der Waals surface area contributed by atoms with Crippen molar-refractivity contribution in [1.29, 1.82) is 0 Å². The van der Waals surface area contributed by atoms with E-state index >= 15 is 0 Å². The number of H-pyrrole nitrogens is 1. The highest BCUT2D eigenvalue weighted by Gasteiger charge is 2.33. The molecule has 0 fully saturated rings. The Labute approximate surface area is 181 Å². The van der Waals surface area contributed by atoms with Gasteiger partial charge in [0.25, 0.3) is 0 Å². The molecule has 154 valence electrons. The van der Waals surface area contributed by atoms with Crippen LogP contribution >= 0.6 is 0 Å². The van der Waals surface area contributed by atoms with Crippen molar-refractivity contribution in [1.82, 2.24) is 9.88 Å². The van der Waals surface area contributed by atoms with Crippen LogP contribution in [-0.2, 0) is 11.2 Å². The van der Waals surface area contributed by atoms with Crippen LogP contribution in [0, 0.1) is 0 Å². The third kappa shape index (κ3) is 3.61. The van der Waals surface area contributed by atoms with E-state index < -0.39 is 0 Å². The SMILES string of the molecule is COc1ccc([C@H]2c3[nH]c4ccccc4c3CCN2C(=O)/C=C/c2ccccc2)cc1. The van der Waals surface area contributed by atoms with Crippen molar-refractivity contribution >= 4 is 22.9 Å². The van der Waals surface area contributed by atoms with E-state index in [4.69, 9.17) is 4.74 Å². The van der Waals surface area contributed by atoms with E-state index in [1.54, 1.807) is 13.2 Å². The van der Waals surface area contributed by atoms with Gasteiger partial charge in [0, 0.05) is 29.2 Å². The maximum atomic E-state index is 13.3. The number of methoxy groups -OCH3 is 1. The number of hydrogen-bond donors (Lipinski definition) is 1. The first-order valence-electron chi connectivity index (χ1n) is 10.5. The Morgan fingerprint density at radius 3 is 2.52 bits per heavy atom. The van der Waals surface area contributed by atoms with Gasteiger partial charge in [-0.25, -0.2) is 0 Å². The molecule has 0 saturated heterocycles. The molecule has 0 aliphatic carbocycles. The Hall–Kier alpha value is -3.79. The van der Waals surface area contributed by atoms with Crippen molar-refractivity contribution in [3.05, 3.63) is 107 Å². The molecule has 0 saturated carbocycles. The summed E-state index contributed by atoms with van der Waals surface area (Å²) >= 11 is 0. The summed E-state index contributed by atoms with van der Waals surface area (Å²) in [6.45, 7) is 0.670. The average molecular weight is 409 g/mol. The van der Waals surface area contributed by atoms with Crippen LogP contribution < -0.4 is 4.74 Å². The zero-order valence-corrected chi connectivity index (χ0v) is 17.4. The summed E-state index contributed by atoms with van der Waals surface area (Å²) in [6, 6.07) is 26.1. The quantitative estimate of drug-likeness (QED) is 0.462. The van der Waals surface area contributed by atoms with Crippen molar-refractivity contribution in [3.8, 4) is 5.75 Å². The zero-order valence-electron chi connectivity index (χ0n) is 17.4. The van der Waals surface area contributed by atoms with Gasteiger partial charge >= 0.3 is 0 Å². The minimum Gasteiger partial charge on any atom is -0.497 e. The lowest BCUT2D eigenvalue weighted by Crippen LogP contribution is -2.39. The van der Waals surface area contributed by atoms with Crippen LogP contribution in [-0.4, -0.2) is 29.4 Å². The Kier molecular flexibility index (Phi) is 5.04. The van der Waals surface area contributed by atoms with Gasteiger partial charge in [0.15, 0.2) is 0 Å². The Bertz CT molecular complexity index is 1240. The number of carbonyl (C=O) groups is 1. The summed E-state index contributed by atoms with van der Waals surface area (Å²) in [7, 11) is 1.66. The lowest BCUT2D eigenvalue weighted by molar-refractivity contribution is -0.128. The number of nitrogens with zero attached hydrogens (tertiary/aromatic N) is 1. The number of ether oxygens (including phenoxy) is 1. The number of fused-ring (bicyclic) bond motifs is 3. The molecule has 31 heavy (non-hydrogen) atoms. The first kappa shape index (κ1) is 19.2. The first-order chi connectivity index (χ1) is 15.2. The summed E-state index contributed by atoms with van der Waals surface area (Å²) in [5, 5.41) is 1.24. The van der Waals surface area contributed by atoms with Gasteiger partial charge in [-0.15, -0.1) is 0 Å². The summed E-state index contributed by atoms with van der Waals surface area (Å²) in [4.78, 5) is 18.9. The predicted octanol–water partition coefficient (Wildman–Crippen LogP) is 5.36. The Morgan fingerprint density at radius 1 is 1.00 bits per heavy atom. The van der Waals surface area contributed by atoms with E-state index in [-0.39, 0.29) is 11.9 Å². The molecule has 4 nitrogen and oxygen atoms in total. The minimum atomic E-state index is -0.171. The molecule has 1 aromatic heterocycles. The van der Waals surface area contributed by atoms with Gasteiger partial charge in [-0.2, -0.15) is 0 Å². The second kappa shape index (κ2) is 8.15. The van der Waals surface area contributed by atoms with Crippen molar-refractivity contribution in [2.24, 2.45) is 0 Å². The van der Waals surface area contributed by atoms with E-state index in [1.165, 1.54) is 10.9 Å². The van der Waals surface area contributed by atoms with Crippen LogP contribution in [0.4, 0.5) is 0 Å². The fourth-order valence-corrected chi connectivity index (χ4v) is 4.44. The number of aromatic nitrogens is 1. The largest absolute Gasteiger partial charge is 0.497 e. The van der Waals surface area contributed by atoms with Crippen LogP contribution in [0.15, 0.2) is 84.9 Å². The van der Waals surface area contributed by atoms with E-state index in [0.717, 1.165) is 34.5 Å². The van der Waals surface area contributed by atoms with Gasteiger partial charge in [0.05, 0.1) is 13.2 Å². The lowest BCUT2D eigenvalue weighted by Gasteiger charge is -2.35. The molecule has 3 aromatic carbocycles. The normalized spacial score (nSPS) is 15.9. The second-order valence-electron chi connectivity index (χ2n) is 7.76. The maximum Gasteiger partial charge on any atom is 0.247 e. The lowest BCUT2D eigenvalue weighted by atomic mass is 9.92. The van der Waals surface area contributed by atoms with Crippen LogP contribution in [0.5, 0.6) is 5.75 Å². The van der Waals surface area contributed by atoms with E-state index in [9.17, 15) is 4.79 Å². The molecular weight excluding hydrogens is 384 g/mol. The molecule has 1 amide bonds.